The Bertz CT molecular complexity index is 1010. The molecule has 0 saturated carbocycles. The number of ether oxygens (including phenoxy) is 1. The molecular formula is C22H22F2N4O3. The Kier molecular flexibility index (Phi) is 5.85. The van der Waals surface area contributed by atoms with Crippen LogP contribution < -0.4 is 15.5 Å². The van der Waals surface area contributed by atoms with Crippen molar-refractivity contribution < 1.29 is 23.1 Å². The lowest BCUT2D eigenvalue weighted by Gasteiger charge is -2.31. The van der Waals surface area contributed by atoms with Gasteiger partial charge in [-0.05, 0) is 43.2 Å². The van der Waals surface area contributed by atoms with E-state index < -0.39 is 23.6 Å². The lowest BCUT2D eigenvalue weighted by molar-refractivity contribution is -0.137. The normalized spacial score (nSPS) is 20.0. The molecular weight excluding hydrogens is 406 g/mol. The number of amides is 2. The average Bonchev–Trinajstić information content (AvgIpc) is 3.18. The molecule has 2 atom stereocenters. The van der Waals surface area contributed by atoms with Gasteiger partial charge < -0.3 is 20.0 Å². The topological polar surface area (TPSA) is 73.9 Å². The minimum Gasteiger partial charge on any atom is -0.494 e. The van der Waals surface area contributed by atoms with E-state index in [1.54, 1.807) is 11.2 Å². The highest BCUT2D eigenvalue weighted by Crippen LogP contribution is 2.31. The van der Waals surface area contributed by atoms with E-state index in [4.69, 9.17) is 4.74 Å². The van der Waals surface area contributed by atoms with Crippen LogP contribution in [0.2, 0.25) is 0 Å². The molecule has 0 radical (unpaired) electrons. The molecule has 0 aromatic heterocycles. The molecule has 2 amide bonds. The van der Waals surface area contributed by atoms with Gasteiger partial charge in [-0.1, -0.05) is 12.1 Å². The first kappa shape index (κ1) is 20.8. The van der Waals surface area contributed by atoms with Crippen molar-refractivity contribution in [1.82, 2.24) is 15.3 Å². The number of halogens is 2. The van der Waals surface area contributed by atoms with Crippen LogP contribution in [0, 0.1) is 11.6 Å². The highest BCUT2D eigenvalue weighted by Gasteiger charge is 2.40. The van der Waals surface area contributed by atoms with Gasteiger partial charge in [0.25, 0.3) is 5.91 Å². The summed E-state index contributed by atoms with van der Waals surface area (Å²) in [6.07, 6.45) is 3.74. The van der Waals surface area contributed by atoms with Crippen molar-refractivity contribution in [3.63, 3.8) is 0 Å². The van der Waals surface area contributed by atoms with E-state index in [0.29, 0.717) is 19.1 Å². The highest BCUT2D eigenvalue weighted by atomic mass is 19.1. The molecule has 4 rings (SSSR count). The summed E-state index contributed by atoms with van der Waals surface area (Å²) in [4.78, 5) is 26.5. The van der Waals surface area contributed by atoms with Gasteiger partial charge in [-0.2, -0.15) is 0 Å². The Morgan fingerprint density at radius 2 is 1.97 bits per heavy atom. The second-order valence-corrected chi connectivity index (χ2v) is 7.28. The molecule has 31 heavy (non-hydrogen) atoms. The summed E-state index contributed by atoms with van der Waals surface area (Å²) in [5.74, 6) is -1.64. The maximum atomic E-state index is 13.7. The standard InChI is InChI=1S/C22H22F2N4O3/c1-2-31-16-6-3-14(4-7-16)19-12-20-22(30)27(9-10-28(20)26-19)13-21(29)25-18-8-5-15(23)11-17(18)24/h3-11,19-20,26H,2,12-13H2,1H3,(H,25,29). The maximum absolute atomic E-state index is 13.7. The average molecular weight is 428 g/mol. The number of nitrogens with one attached hydrogen (secondary N) is 2. The molecule has 7 nitrogen and oxygen atoms in total. The van der Waals surface area contributed by atoms with Gasteiger partial charge >= 0.3 is 0 Å². The van der Waals surface area contributed by atoms with Crippen LogP contribution in [0.25, 0.3) is 0 Å². The van der Waals surface area contributed by atoms with E-state index in [-0.39, 0.29) is 24.2 Å². The molecule has 2 aliphatic rings. The fourth-order valence-electron chi connectivity index (χ4n) is 3.68. The zero-order valence-electron chi connectivity index (χ0n) is 16.8. The number of hydrazine groups is 1. The molecule has 2 aliphatic heterocycles. The molecule has 0 spiro atoms. The van der Waals surface area contributed by atoms with Crippen molar-refractivity contribution in [2.75, 3.05) is 18.5 Å². The smallest absolute Gasteiger partial charge is 0.251 e. The fraction of sp³-hybridized carbons (Fsp3) is 0.273. The molecule has 0 aliphatic carbocycles. The second-order valence-electron chi connectivity index (χ2n) is 7.28. The Balaban J connectivity index is 1.38. The molecule has 1 fully saturated rings. The largest absolute Gasteiger partial charge is 0.494 e. The first-order valence-electron chi connectivity index (χ1n) is 9.95. The lowest BCUT2D eigenvalue weighted by Crippen LogP contribution is -2.49. The molecule has 2 aromatic carbocycles. The molecule has 162 valence electrons. The first-order valence-corrected chi connectivity index (χ1v) is 9.95. The van der Waals surface area contributed by atoms with Crippen LogP contribution in [0.1, 0.15) is 24.9 Å². The Morgan fingerprint density at radius 1 is 1.19 bits per heavy atom. The van der Waals surface area contributed by atoms with Gasteiger partial charge in [-0.25, -0.2) is 14.2 Å². The predicted octanol–water partition coefficient (Wildman–Crippen LogP) is 2.94. The Hall–Kier alpha value is -3.46. The van der Waals surface area contributed by atoms with Crippen LogP contribution in [-0.2, 0) is 9.59 Å². The zero-order valence-corrected chi connectivity index (χ0v) is 16.8. The predicted molar refractivity (Wildman–Crippen MR) is 110 cm³/mol. The molecule has 1 saturated heterocycles. The number of carbonyl (C=O) groups is 2. The number of hydrogen-bond donors (Lipinski definition) is 2. The third-order valence-electron chi connectivity index (χ3n) is 5.19. The van der Waals surface area contributed by atoms with Crippen LogP contribution in [0.3, 0.4) is 0 Å². The summed E-state index contributed by atoms with van der Waals surface area (Å²) in [7, 11) is 0. The minimum absolute atomic E-state index is 0.0589. The van der Waals surface area contributed by atoms with E-state index in [2.05, 4.69) is 10.7 Å². The molecule has 2 aromatic rings. The number of anilines is 1. The van der Waals surface area contributed by atoms with E-state index in [1.165, 1.54) is 11.1 Å². The van der Waals surface area contributed by atoms with Gasteiger partial charge in [-0.3, -0.25) is 9.59 Å². The van der Waals surface area contributed by atoms with E-state index in [9.17, 15) is 18.4 Å². The van der Waals surface area contributed by atoms with Gasteiger partial charge in [0.2, 0.25) is 5.91 Å². The zero-order chi connectivity index (χ0) is 22.0. The number of nitrogens with zero attached hydrogens (tertiary/aromatic N) is 2. The van der Waals surface area contributed by atoms with Gasteiger partial charge in [-0.15, -0.1) is 0 Å². The van der Waals surface area contributed by atoms with Crippen molar-refractivity contribution in [1.29, 1.82) is 0 Å². The van der Waals surface area contributed by atoms with Crippen LogP contribution in [0.4, 0.5) is 14.5 Å². The van der Waals surface area contributed by atoms with Crippen LogP contribution >= 0.6 is 0 Å². The number of fused-ring (bicyclic) bond motifs is 1. The van der Waals surface area contributed by atoms with Crippen molar-refractivity contribution >= 4 is 17.5 Å². The van der Waals surface area contributed by atoms with Crippen molar-refractivity contribution in [3.8, 4) is 5.75 Å². The van der Waals surface area contributed by atoms with E-state index in [0.717, 1.165) is 23.4 Å². The van der Waals surface area contributed by atoms with Gasteiger partial charge in [0, 0.05) is 18.5 Å². The number of hydrogen-bond acceptors (Lipinski definition) is 5. The van der Waals surface area contributed by atoms with Crippen molar-refractivity contribution in [2.45, 2.75) is 25.4 Å². The van der Waals surface area contributed by atoms with Crippen molar-refractivity contribution in [3.05, 3.63) is 72.1 Å². The summed E-state index contributed by atoms with van der Waals surface area (Å²) < 4.78 is 32.2. The number of rotatable bonds is 6. The molecule has 9 heteroatoms. The molecule has 2 N–H and O–H groups in total. The maximum Gasteiger partial charge on any atom is 0.251 e. The number of benzene rings is 2. The summed E-state index contributed by atoms with van der Waals surface area (Å²) in [5, 5.41) is 4.10. The monoisotopic (exact) mass is 428 g/mol. The second kappa shape index (κ2) is 8.73. The fourth-order valence-corrected chi connectivity index (χ4v) is 3.68. The quantitative estimate of drug-likeness (QED) is 0.740. The van der Waals surface area contributed by atoms with Gasteiger partial charge in [0.1, 0.15) is 30.0 Å². The van der Waals surface area contributed by atoms with Crippen LogP contribution in [0.15, 0.2) is 54.9 Å². The lowest BCUT2D eigenvalue weighted by atomic mass is 10.0. The van der Waals surface area contributed by atoms with Crippen LogP contribution in [0.5, 0.6) is 5.75 Å². The Labute approximate surface area is 178 Å². The summed E-state index contributed by atoms with van der Waals surface area (Å²) in [5.41, 5.74) is 4.17. The minimum atomic E-state index is -0.877. The third kappa shape index (κ3) is 4.51. The summed E-state index contributed by atoms with van der Waals surface area (Å²) in [6.45, 7) is 2.24. The van der Waals surface area contributed by atoms with Gasteiger partial charge in [0.15, 0.2) is 0 Å². The van der Waals surface area contributed by atoms with Crippen molar-refractivity contribution in [2.24, 2.45) is 0 Å². The van der Waals surface area contributed by atoms with E-state index >= 15 is 0 Å². The molecule has 0 bridgehead atoms. The molecule has 2 heterocycles. The van der Waals surface area contributed by atoms with E-state index in [1.807, 2.05) is 31.2 Å². The first-order chi connectivity index (χ1) is 14.9. The van der Waals surface area contributed by atoms with Crippen LogP contribution in [-0.4, -0.2) is 40.9 Å². The molecule has 2 unspecified atom stereocenters. The summed E-state index contributed by atoms with van der Waals surface area (Å²) in [6, 6.07) is 10.0. The SMILES string of the molecule is CCOc1ccc(C2CC3C(=O)N(CC(=O)Nc4ccc(F)cc4F)C=CN3N2)cc1. The van der Waals surface area contributed by atoms with Gasteiger partial charge in [0.05, 0.1) is 18.3 Å². The number of carbonyl (C=O) groups excluding carboxylic acids is 2. The summed E-state index contributed by atoms with van der Waals surface area (Å²) >= 11 is 0. The Morgan fingerprint density at radius 3 is 2.68 bits per heavy atom. The highest BCUT2D eigenvalue weighted by molar-refractivity contribution is 5.96. The third-order valence-corrected chi connectivity index (χ3v) is 5.19.